The average molecular weight is 289 g/mol. The molecule has 120 valence electrons. The van der Waals surface area contributed by atoms with E-state index in [1.165, 1.54) is 49.7 Å². The van der Waals surface area contributed by atoms with Gasteiger partial charge < -0.3 is 0 Å². The van der Waals surface area contributed by atoms with Crippen LogP contribution in [-0.2, 0) is 0 Å². The van der Waals surface area contributed by atoms with Crippen molar-refractivity contribution < 1.29 is 0 Å². The topological polar surface area (TPSA) is 0 Å². The summed E-state index contributed by atoms with van der Waals surface area (Å²) in [5.74, 6) is 0. The van der Waals surface area contributed by atoms with E-state index in [0.29, 0.717) is 0 Å². The van der Waals surface area contributed by atoms with E-state index in [9.17, 15) is 0 Å². The zero-order valence-corrected chi connectivity index (χ0v) is 15.0. The Balaban J connectivity index is 4.09. The molecule has 0 aliphatic heterocycles. The molecule has 0 saturated carbocycles. The maximum Gasteiger partial charge on any atom is -0.0285 e. The molecule has 0 aliphatic carbocycles. The summed E-state index contributed by atoms with van der Waals surface area (Å²) in [4.78, 5) is 0. The molecule has 0 aromatic rings. The number of hydrogen-bond acceptors (Lipinski definition) is 0. The number of hydrogen-bond donors (Lipinski definition) is 0. The summed E-state index contributed by atoms with van der Waals surface area (Å²) >= 11 is 0. The number of rotatable bonds is 11. The fourth-order valence-corrected chi connectivity index (χ4v) is 2.37. The smallest absolute Gasteiger partial charge is 0.0285 e. The maximum atomic E-state index is 2.43. The third-order valence-electron chi connectivity index (χ3n) is 3.58. The van der Waals surface area contributed by atoms with Gasteiger partial charge in [0.1, 0.15) is 0 Å². The molecule has 0 saturated heterocycles. The largest absolute Gasteiger partial charge is 0.0888 e. The van der Waals surface area contributed by atoms with Crippen molar-refractivity contribution in [3.05, 3.63) is 47.1 Å². The highest BCUT2D eigenvalue weighted by Crippen LogP contribution is 2.16. The lowest BCUT2D eigenvalue weighted by Crippen LogP contribution is -1.85. The Morgan fingerprint density at radius 1 is 0.667 bits per heavy atom. The van der Waals surface area contributed by atoms with Gasteiger partial charge in [-0.1, -0.05) is 60.9 Å². The molecule has 0 heterocycles. The summed E-state index contributed by atoms with van der Waals surface area (Å²) in [6, 6.07) is 0. The molecule has 0 rings (SSSR count). The Kier molecular flexibility index (Phi) is 13.2. The van der Waals surface area contributed by atoms with Crippen molar-refractivity contribution in [1.82, 2.24) is 0 Å². The third kappa shape index (κ3) is 13.7. The highest BCUT2D eigenvalue weighted by Gasteiger charge is 1.96. The van der Waals surface area contributed by atoms with Crippen LogP contribution in [0.25, 0.3) is 0 Å². The first-order valence-electron chi connectivity index (χ1n) is 8.72. The lowest BCUT2D eigenvalue weighted by molar-refractivity contribution is 0.842. The second-order valence-electron chi connectivity index (χ2n) is 6.10. The van der Waals surface area contributed by atoms with Gasteiger partial charge in [0.15, 0.2) is 0 Å². The molecule has 0 N–H and O–H groups in total. The summed E-state index contributed by atoms with van der Waals surface area (Å²) in [6.07, 6.45) is 21.4. The van der Waals surface area contributed by atoms with Crippen LogP contribution in [0.15, 0.2) is 47.1 Å². The van der Waals surface area contributed by atoms with E-state index in [4.69, 9.17) is 0 Å². The molecule has 0 spiro atoms. The Hall–Kier alpha value is -1.04. The summed E-state index contributed by atoms with van der Waals surface area (Å²) < 4.78 is 0. The van der Waals surface area contributed by atoms with Crippen LogP contribution in [0.3, 0.4) is 0 Å². The van der Waals surface area contributed by atoms with Crippen molar-refractivity contribution in [1.29, 1.82) is 0 Å². The summed E-state index contributed by atoms with van der Waals surface area (Å²) in [5, 5.41) is 0. The van der Waals surface area contributed by atoms with E-state index in [1.54, 1.807) is 5.57 Å². The molecule has 0 aromatic heterocycles. The zero-order valence-electron chi connectivity index (χ0n) is 15.0. The molecule has 0 aliphatic rings. The standard InChI is InChI=1S/C21H36/c1-6-8-9-10-17-21(13-7-2)18-12-16-20(5)15-11-14-19(3)4/h8-9,13-14,16H,6-7,10-12,15,17-18H2,1-5H3/b9-8-,20-16+,21-13+. The van der Waals surface area contributed by atoms with E-state index in [1.807, 2.05) is 0 Å². The molecule has 0 heteroatoms. The van der Waals surface area contributed by atoms with Gasteiger partial charge in [-0.05, 0) is 72.1 Å². The highest BCUT2D eigenvalue weighted by atomic mass is 14.0. The molecule has 0 unspecified atom stereocenters. The van der Waals surface area contributed by atoms with E-state index in [-0.39, 0.29) is 0 Å². The molecule has 0 atom stereocenters. The maximum absolute atomic E-state index is 2.43. The van der Waals surface area contributed by atoms with Gasteiger partial charge in [-0.2, -0.15) is 0 Å². The third-order valence-corrected chi connectivity index (χ3v) is 3.58. The van der Waals surface area contributed by atoms with Gasteiger partial charge in [0.05, 0.1) is 0 Å². The van der Waals surface area contributed by atoms with Gasteiger partial charge in [-0.15, -0.1) is 0 Å². The SMILES string of the molecule is CC/C=C\CC/C(=C\CC)CC/C=C(\C)CCC=C(C)C. The summed E-state index contributed by atoms with van der Waals surface area (Å²) in [7, 11) is 0. The van der Waals surface area contributed by atoms with Crippen molar-refractivity contribution >= 4 is 0 Å². The predicted molar refractivity (Wildman–Crippen MR) is 98.7 cm³/mol. The molecular formula is C21H36. The van der Waals surface area contributed by atoms with Gasteiger partial charge in [0.25, 0.3) is 0 Å². The molecule has 0 fully saturated rings. The van der Waals surface area contributed by atoms with Gasteiger partial charge >= 0.3 is 0 Å². The van der Waals surface area contributed by atoms with E-state index in [0.717, 1.165) is 12.8 Å². The van der Waals surface area contributed by atoms with Crippen LogP contribution in [0, 0.1) is 0 Å². The van der Waals surface area contributed by atoms with Crippen molar-refractivity contribution in [2.45, 2.75) is 86.0 Å². The quantitative estimate of drug-likeness (QED) is 0.344. The highest BCUT2D eigenvalue weighted by molar-refractivity contribution is 5.07. The van der Waals surface area contributed by atoms with Crippen LogP contribution in [0.2, 0.25) is 0 Å². The van der Waals surface area contributed by atoms with Crippen molar-refractivity contribution in [3.63, 3.8) is 0 Å². The van der Waals surface area contributed by atoms with Crippen LogP contribution < -0.4 is 0 Å². The Bertz CT molecular complexity index is 359. The molecule has 21 heavy (non-hydrogen) atoms. The van der Waals surface area contributed by atoms with Crippen molar-refractivity contribution in [2.75, 3.05) is 0 Å². The lowest BCUT2D eigenvalue weighted by Gasteiger charge is -2.05. The van der Waals surface area contributed by atoms with E-state index in [2.05, 4.69) is 65.0 Å². The van der Waals surface area contributed by atoms with E-state index < -0.39 is 0 Å². The Labute approximate surface area is 133 Å². The zero-order chi connectivity index (χ0) is 15.9. The molecule has 0 bridgehead atoms. The first-order valence-corrected chi connectivity index (χ1v) is 8.72. The fraction of sp³-hybridized carbons (Fsp3) is 0.619. The number of allylic oxidation sites excluding steroid dienone is 8. The van der Waals surface area contributed by atoms with Crippen LogP contribution >= 0.6 is 0 Å². The summed E-state index contributed by atoms with van der Waals surface area (Å²) in [5.41, 5.74) is 4.59. The average Bonchev–Trinajstić information content (AvgIpc) is 2.43. The van der Waals surface area contributed by atoms with Crippen LogP contribution in [0.1, 0.15) is 86.0 Å². The molecule has 0 amide bonds. The Morgan fingerprint density at radius 2 is 1.33 bits per heavy atom. The second-order valence-corrected chi connectivity index (χ2v) is 6.10. The van der Waals surface area contributed by atoms with Crippen molar-refractivity contribution in [2.24, 2.45) is 0 Å². The first-order chi connectivity index (χ1) is 10.1. The lowest BCUT2D eigenvalue weighted by atomic mass is 10.0. The monoisotopic (exact) mass is 288 g/mol. The van der Waals surface area contributed by atoms with Crippen molar-refractivity contribution in [3.8, 4) is 0 Å². The first kappa shape index (κ1) is 20.0. The minimum absolute atomic E-state index is 1.15. The van der Waals surface area contributed by atoms with Crippen LogP contribution in [0.4, 0.5) is 0 Å². The summed E-state index contributed by atoms with van der Waals surface area (Å²) in [6.45, 7) is 11.1. The second kappa shape index (κ2) is 13.9. The van der Waals surface area contributed by atoms with Gasteiger partial charge in [0.2, 0.25) is 0 Å². The minimum atomic E-state index is 1.15. The van der Waals surface area contributed by atoms with Crippen LogP contribution in [-0.4, -0.2) is 0 Å². The van der Waals surface area contributed by atoms with Gasteiger partial charge in [-0.25, -0.2) is 0 Å². The van der Waals surface area contributed by atoms with Gasteiger partial charge in [0, 0.05) is 0 Å². The molecular weight excluding hydrogens is 252 g/mol. The Morgan fingerprint density at radius 3 is 1.95 bits per heavy atom. The van der Waals surface area contributed by atoms with Gasteiger partial charge in [-0.3, -0.25) is 0 Å². The normalized spacial score (nSPS) is 13.0. The molecule has 0 radical (unpaired) electrons. The van der Waals surface area contributed by atoms with E-state index >= 15 is 0 Å². The molecule has 0 nitrogen and oxygen atoms in total. The van der Waals surface area contributed by atoms with Crippen LogP contribution in [0.5, 0.6) is 0 Å². The predicted octanol–water partition coefficient (Wildman–Crippen LogP) is 7.54. The minimum Gasteiger partial charge on any atom is -0.0888 e. The molecule has 0 aromatic carbocycles. The fourth-order valence-electron chi connectivity index (χ4n) is 2.37.